The first-order valence-corrected chi connectivity index (χ1v) is 7.54. The minimum absolute atomic E-state index is 0. The van der Waals surface area contributed by atoms with Gasteiger partial charge in [0.05, 0.1) is 0 Å². The summed E-state index contributed by atoms with van der Waals surface area (Å²) in [6, 6.07) is 0.261. The Morgan fingerprint density at radius 2 is 2.06 bits per heavy atom. The molecule has 7 heteroatoms. The molecule has 0 aromatic heterocycles. The van der Waals surface area contributed by atoms with E-state index < -0.39 is 10.2 Å². The second-order valence-corrected chi connectivity index (χ2v) is 6.51. The summed E-state index contributed by atoms with van der Waals surface area (Å²) in [5.41, 5.74) is 5.36. The van der Waals surface area contributed by atoms with E-state index in [9.17, 15) is 8.42 Å². The number of piperidine rings is 1. The van der Waals surface area contributed by atoms with Crippen LogP contribution in [0.4, 0.5) is 0 Å². The molecule has 1 saturated heterocycles. The number of nitrogens with one attached hydrogen (secondary N) is 1. The van der Waals surface area contributed by atoms with Crippen LogP contribution in [-0.2, 0) is 10.2 Å². The van der Waals surface area contributed by atoms with Crippen molar-refractivity contribution in [3.8, 4) is 0 Å². The van der Waals surface area contributed by atoms with E-state index in [1.807, 2.05) is 0 Å². The van der Waals surface area contributed by atoms with Crippen molar-refractivity contribution in [3.63, 3.8) is 0 Å². The molecule has 3 N–H and O–H groups in total. The van der Waals surface area contributed by atoms with Gasteiger partial charge >= 0.3 is 0 Å². The zero-order valence-corrected chi connectivity index (χ0v) is 11.6. The van der Waals surface area contributed by atoms with E-state index in [0.29, 0.717) is 19.0 Å². The van der Waals surface area contributed by atoms with E-state index in [-0.39, 0.29) is 18.4 Å². The molecule has 0 radical (unpaired) electrons. The van der Waals surface area contributed by atoms with E-state index in [0.717, 1.165) is 32.2 Å². The Bertz CT molecular complexity index is 336. The Morgan fingerprint density at radius 3 is 2.59 bits per heavy atom. The average molecular weight is 284 g/mol. The Morgan fingerprint density at radius 1 is 1.29 bits per heavy atom. The van der Waals surface area contributed by atoms with Gasteiger partial charge in [-0.1, -0.05) is 0 Å². The number of nitrogens with two attached hydrogens (primary N) is 1. The molecule has 2 atom stereocenters. The maximum absolute atomic E-state index is 12.0. The number of hydrogen-bond donors (Lipinski definition) is 2. The fraction of sp³-hybridized carbons (Fsp3) is 1.00. The summed E-state index contributed by atoms with van der Waals surface area (Å²) >= 11 is 0. The lowest BCUT2D eigenvalue weighted by Gasteiger charge is -2.26. The molecular formula is C10H22ClN3O2S. The standard InChI is InChI=1S/C10H21N3O2S.ClH/c11-5-1-2-6-12-16(14,15)13-8-9-3-4-10(13)7-9;/h9-10,12H,1-8,11H2;1H. The first-order valence-electron chi connectivity index (χ1n) is 6.10. The Labute approximate surface area is 110 Å². The van der Waals surface area contributed by atoms with Gasteiger partial charge in [-0.15, -0.1) is 12.4 Å². The molecule has 5 nitrogen and oxygen atoms in total. The van der Waals surface area contributed by atoms with Gasteiger partial charge in [0, 0.05) is 19.1 Å². The van der Waals surface area contributed by atoms with Crippen LogP contribution in [0.1, 0.15) is 32.1 Å². The molecule has 17 heavy (non-hydrogen) atoms. The lowest BCUT2D eigenvalue weighted by Crippen LogP contribution is -2.45. The van der Waals surface area contributed by atoms with Gasteiger partial charge in [-0.05, 0) is 44.6 Å². The van der Waals surface area contributed by atoms with Crippen LogP contribution in [0.2, 0.25) is 0 Å². The molecule has 2 aliphatic rings. The van der Waals surface area contributed by atoms with Crippen molar-refractivity contribution in [1.29, 1.82) is 0 Å². The fourth-order valence-corrected chi connectivity index (χ4v) is 4.29. The third-order valence-corrected chi connectivity index (χ3v) is 5.22. The van der Waals surface area contributed by atoms with Crippen LogP contribution >= 0.6 is 12.4 Å². The summed E-state index contributed by atoms with van der Waals surface area (Å²) in [4.78, 5) is 0. The van der Waals surface area contributed by atoms with Crippen molar-refractivity contribution in [1.82, 2.24) is 9.03 Å². The first kappa shape index (κ1) is 15.2. The Hall–Kier alpha value is 0.120. The van der Waals surface area contributed by atoms with Crippen LogP contribution in [0.3, 0.4) is 0 Å². The lowest BCUT2D eigenvalue weighted by atomic mass is 10.1. The van der Waals surface area contributed by atoms with E-state index in [4.69, 9.17) is 5.73 Å². The summed E-state index contributed by atoms with van der Waals surface area (Å²) in [7, 11) is -3.23. The molecule has 2 bridgehead atoms. The van der Waals surface area contributed by atoms with E-state index >= 15 is 0 Å². The largest absolute Gasteiger partial charge is 0.330 e. The van der Waals surface area contributed by atoms with Crippen LogP contribution < -0.4 is 10.5 Å². The quantitative estimate of drug-likeness (QED) is 0.696. The number of nitrogens with zero attached hydrogens (tertiary/aromatic N) is 1. The molecule has 0 aromatic rings. The summed E-state index contributed by atoms with van der Waals surface area (Å²) in [6.07, 6.45) is 4.98. The third-order valence-electron chi connectivity index (χ3n) is 3.58. The smallest absolute Gasteiger partial charge is 0.279 e. The molecule has 0 spiro atoms. The van der Waals surface area contributed by atoms with Crippen LogP contribution in [0.25, 0.3) is 0 Å². The van der Waals surface area contributed by atoms with Crippen molar-refractivity contribution in [2.75, 3.05) is 19.6 Å². The Balaban J connectivity index is 0.00000144. The molecule has 102 valence electrons. The molecule has 0 aromatic carbocycles. The predicted octanol–water partition coefficient (Wildman–Crippen LogP) is 0.466. The number of halogens is 1. The number of fused-ring (bicyclic) bond motifs is 2. The van der Waals surface area contributed by atoms with Crippen molar-refractivity contribution in [2.24, 2.45) is 11.7 Å². The molecule has 1 aliphatic heterocycles. The highest BCUT2D eigenvalue weighted by molar-refractivity contribution is 7.87. The van der Waals surface area contributed by atoms with Crippen molar-refractivity contribution in [2.45, 2.75) is 38.1 Å². The topological polar surface area (TPSA) is 75.4 Å². The highest BCUT2D eigenvalue weighted by Crippen LogP contribution is 2.38. The van der Waals surface area contributed by atoms with Crippen LogP contribution in [-0.4, -0.2) is 38.4 Å². The minimum atomic E-state index is -3.23. The summed E-state index contributed by atoms with van der Waals surface area (Å²) in [6.45, 7) is 1.85. The van der Waals surface area contributed by atoms with Gasteiger partial charge in [0.25, 0.3) is 10.2 Å². The second kappa shape index (κ2) is 6.33. The highest BCUT2D eigenvalue weighted by atomic mass is 35.5. The zero-order valence-electron chi connectivity index (χ0n) is 9.97. The zero-order chi connectivity index (χ0) is 11.6. The van der Waals surface area contributed by atoms with Crippen LogP contribution in [0, 0.1) is 5.92 Å². The van der Waals surface area contributed by atoms with Gasteiger partial charge in [0.2, 0.25) is 0 Å². The van der Waals surface area contributed by atoms with E-state index in [1.54, 1.807) is 4.31 Å². The minimum Gasteiger partial charge on any atom is -0.330 e. The van der Waals surface area contributed by atoms with E-state index in [2.05, 4.69) is 4.72 Å². The average Bonchev–Trinajstić information content (AvgIpc) is 2.86. The van der Waals surface area contributed by atoms with Crippen LogP contribution in [0.15, 0.2) is 0 Å². The van der Waals surface area contributed by atoms with Gasteiger partial charge in [-0.3, -0.25) is 0 Å². The second-order valence-electron chi connectivity index (χ2n) is 4.80. The molecule has 2 rings (SSSR count). The third kappa shape index (κ3) is 3.54. The molecule has 2 fully saturated rings. The summed E-state index contributed by atoms with van der Waals surface area (Å²) in [5, 5.41) is 0. The Kier molecular flexibility index (Phi) is 5.66. The molecule has 1 saturated carbocycles. The lowest BCUT2D eigenvalue weighted by molar-refractivity contribution is 0.328. The van der Waals surface area contributed by atoms with E-state index in [1.165, 1.54) is 6.42 Å². The molecular weight excluding hydrogens is 262 g/mol. The number of rotatable bonds is 6. The fourth-order valence-electron chi connectivity index (χ4n) is 2.73. The first-order chi connectivity index (χ1) is 7.63. The number of hydrogen-bond acceptors (Lipinski definition) is 3. The normalized spacial score (nSPS) is 28.3. The molecule has 2 unspecified atom stereocenters. The van der Waals surface area contributed by atoms with Crippen LogP contribution in [0.5, 0.6) is 0 Å². The maximum Gasteiger partial charge on any atom is 0.279 e. The predicted molar refractivity (Wildman–Crippen MR) is 70.3 cm³/mol. The van der Waals surface area contributed by atoms with Gasteiger partial charge < -0.3 is 5.73 Å². The highest BCUT2D eigenvalue weighted by Gasteiger charge is 2.43. The van der Waals surface area contributed by atoms with Crippen molar-refractivity contribution < 1.29 is 8.42 Å². The number of unbranched alkanes of at least 4 members (excludes halogenated alkanes) is 1. The van der Waals surface area contributed by atoms with Gasteiger partial charge in [-0.25, -0.2) is 4.72 Å². The SMILES string of the molecule is Cl.NCCCCNS(=O)(=O)N1CC2CCC1C2. The van der Waals surface area contributed by atoms with Gasteiger partial charge in [0.15, 0.2) is 0 Å². The summed E-state index contributed by atoms with van der Waals surface area (Å²) < 4.78 is 28.3. The maximum atomic E-state index is 12.0. The van der Waals surface area contributed by atoms with Crippen molar-refractivity contribution >= 4 is 22.6 Å². The molecule has 0 amide bonds. The van der Waals surface area contributed by atoms with Gasteiger partial charge in [-0.2, -0.15) is 12.7 Å². The monoisotopic (exact) mass is 283 g/mol. The molecule has 1 heterocycles. The molecule has 1 aliphatic carbocycles. The summed E-state index contributed by atoms with van der Waals surface area (Å²) in [5.74, 6) is 0.602. The van der Waals surface area contributed by atoms with Gasteiger partial charge in [0.1, 0.15) is 0 Å². The van der Waals surface area contributed by atoms with Crippen molar-refractivity contribution in [3.05, 3.63) is 0 Å².